The molecule has 2 aromatic carbocycles. The summed E-state index contributed by atoms with van der Waals surface area (Å²) in [7, 11) is 2.04. The Kier molecular flexibility index (Phi) is 4.76. The van der Waals surface area contributed by atoms with Crippen molar-refractivity contribution in [3.63, 3.8) is 0 Å². The van der Waals surface area contributed by atoms with Crippen molar-refractivity contribution in [1.82, 2.24) is 4.90 Å². The summed E-state index contributed by atoms with van der Waals surface area (Å²) >= 11 is 0. The van der Waals surface area contributed by atoms with E-state index in [1.165, 1.54) is 0 Å². The first-order valence-electron chi connectivity index (χ1n) is 9.34. The quantitative estimate of drug-likeness (QED) is 0.392. The molecule has 2 bridgehead atoms. The summed E-state index contributed by atoms with van der Waals surface area (Å²) in [6, 6.07) is 9.02. The fraction of sp³-hybridized carbons (Fsp3) is 0.364. The summed E-state index contributed by atoms with van der Waals surface area (Å²) in [6.45, 7) is 0. The molecular formula is C22H19F6N. The van der Waals surface area contributed by atoms with Gasteiger partial charge in [0.2, 0.25) is 0 Å². The van der Waals surface area contributed by atoms with Crippen molar-refractivity contribution in [3.05, 3.63) is 71.3 Å². The highest BCUT2D eigenvalue weighted by atomic mass is 19.4. The average molecular weight is 411 g/mol. The lowest BCUT2D eigenvalue weighted by atomic mass is 9.77. The molecule has 0 radical (unpaired) electrons. The van der Waals surface area contributed by atoms with Crippen LogP contribution in [0.4, 0.5) is 26.3 Å². The lowest BCUT2D eigenvalue weighted by Crippen LogP contribution is -2.44. The Balaban J connectivity index is 1.70. The highest BCUT2D eigenvalue weighted by molar-refractivity contribution is 5.66. The van der Waals surface area contributed by atoms with E-state index in [0.29, 0.717) is 17.5 Å². The zero-order valence-electron chi connectivity index (χ0n) is 15.6. The second-order valence-electron chi connectivity index (χ2n) is 7.72. The van der Waals surface area contributed by atoms with Crippen molar-refractivity contribution in [3.8, 4) is 11.1 Å². The van der Waals surface area contributed by atoms with Crippen molar-refractivity contribution < 1.29 is 26.3 Å². The third-order valence-electron chi connectivity index (χ3n) is 5.92. The predicted molar refractivity (Wildman–Crippen MR) is 98.0 cm³/mol. The van der Waals surface area contributed by atoms with Crippen LogP contribution in [0.2, 0.25) is 0 Å². The molecule has 0 unspecified atom stereocenters. The molecule has 0 saturated carbocycles. The minimum absolute atomic E-state index is 0.0999. The van der Waals surface area contributed by atoms with Crippen molar-refractivity contribution in [2.75, 3.05) is 7.05 Å². The van der Waals surface area contributed by atoms with Crippen molar-refractivity contribution in [2.45, 2.75) is 37.3 Å². The first-order chi connectivity index (χ1) is 13.5. The minimum atomic E-state index is -4.85. The molecule has 2 aliphatic heterocycles. The van der Waals surface area contributed by atoms with Gasteiger partial charge in [-0.1, -0.05) is 36.4 Å². The van der Waals surface area contributed by atoms with Gasteiger partial charge in [0.05, 0.1) is 11.1 Å². The SMILES string of the molecule is CN1[C@H](c2ccc(-c3cc(C(F)(F)F)cc(C(F)(F)F)c3)cc2)[C@H]2C=C[C@H]1CC2. The van der Waals surface area contributed by atoms with Crippen LogP contribution in [-0.2, 0) is 12.4 Å². The number of fused-ring (bicyclic) bond motifs is 2. The molecular weight excluding hydrogens is 392 g/mol. The summed E-state index contributed by atoms with van der Waals surface area (Å²) in [5.41, 5.74) is -1.37. The Labute approximate surface area is 164 Å². The average Bonchev–Trinajstić information content (AvgIpc) is 2.67. The van der Waals surface area contributed by atoms with Gasteiger partial charge >= 0.3 is 12.4 Å². The van der Waals surface area contributed by atoms with Crippen LogP contribution in [0.5, 0.6) is 0 Å². The fourth-order valence-corrected chi connectivity index (χ4v) is 4.41. The van der Waals surface area contributed by atoms with E-state index in [9.17, 15) is 26.3 Å². The van der Waals surface area contributed by atoms with Crippen LogP contribution in [0.1, 0.15) is 35.6 Å². The number of piperidine rings is 1. The highest BCUT2D eigenvalue weighted by Crippen LogP contribution is 2.43. The molecule has 1 saturated heterocycles. The Morgan fingerprint density at radius 3 is 1.79 bits per heavy atom. The van der Waals surface area contributed by atoms with Gasteiger partial charge in [-0.15, -0.1) is 0 Å². The van der Waals surface area contributed by atoms with Crippen molar-refractivity contribution in [1.29, 1.82) is 0 Å². The molecule has 3 aliphatic rings. The monoisotopic (exact) mass is 411 g/mol. The van der Waals surface area contributed by atoms with E-state index in [4.69, 9.17) is 0 Å². The van der Waals surface area contributed by atoms with Gasteiger partial charge in [-0.2, -0.15) is 26.3 Å². The predicted octanol–water partition coefficient (Wildman–Crippen LogP) is 6.71. The van der Waals surface area contributed by atoms with E-state index < -0.39 is 23.5 Å². The number of alkyl halides is 6. The van der Waals surface area contributed by atoms with Crippen molar-refractivity contribution in [2.24, 2.45) is 5.92 Å². The van der Waals surface area contributed by atoms with Gasteiger partial charge in [0.15, 0.2) is 0 Å². The Bertz CT molecular complexity index is 894. The summed E-state index contributed by atoms with van der Waals surface area (Å²) in [4.78, 5) is 2.27. The molecule has 1 aliphatic carbocycles. The van der Waals surface area contributed by atoms with Crippen LogP contribution < -0.4 is 0 Å². The van der Waals surface area contributed by atoms with Crippen molar-refractivity contribution >= 4 is 0 Å². The number of halogens is 6. The number of rotatable bonds is 2. The fourth-order valence-electron chi connectivity index (χ4n) is 4.41. The molecule has 1 nitrogen and oxygen atoms in total. The number of nitrogens with zero attached hydrogens (tertiary/aromatic N) is 1. The summed E-state index contributed by atoms with van der Waals surface area (Å²) in [6.07, 6.45) is -3.15. The third-order valence-corrected chi connectivity index (χ3v) is 5.92. The van der Waals surface area contributed by atoms with Crippen LogP contribution >= 0.6 is 0 Å². The Morgan fingerprint density at radius 1 is 0.759 bits per heavy atom. The topological polar surface area (TPSA) is 3.24 Å². The molecule has 7 heteroatoms. The maximum Gasteiger partial charge on any atom is 0.416 e. The number of hydrogen-bond acceptors (Lipinski definition) is 1. The molecule has 29 heavy (non-hydrogen) atoms. The van der Waals surface area contributed by atoms with Gasteiger partial charge in [0.25, 0.3) is 0 Å². The van der Waals surface area contributed by atoms with Crippen LogP contribution in [-0.4, -0.2) is 18.0 Å². The zero-order valence-corrected chi connectivity index (χ0v) is 15.6. The highest BCUT2D eigenvalue weighted by Gasteiger charge is 2.38. The molecule has 0 aromatic heterocycles. The van der Waals surface area contributed by atoms with Gasteiger partial charge < -0.3 is 0 Å². The molecule has 1 fully saturated rings. The molecule has 0 N–H and O–H groups in total. The van der Waals surface area contributed by atoms with E-state index in [1.54, 1.807) is 24.3 Å². The normalized spacial score (nSPS) is 24.9. The number of benzene rings is 2. The number of hydrogen-bond donors (Lipinski definition) is 0. The first kappa shape index (κ1) is 20.0. The maximum absolute atomic E-state index is 13.1. The molecule has 5 rings (SSSR count). The number of likely N-dealkylation sites (N-methyl/N-ethyl adjacent to an activating group) is 1. The molecule has 2 aromatic rings. The molecule has 3 atom stereocenters. The van der Waals surface area contributed by atoms with Crippen LogP contribution in [0, 0.1) is 5.92 Å². The molecule has 2 heterocycles. The van der Waals surface area contributed by atoms with E-state index in [0.717, 1.165) is 30.5 Å². The van der Waals surface area contributed by atoms with Gasteiger partial charge in [0.1, 0.15) is 0 Å². The third kappa shape index (κ3) is 3.80. The van der Waals surface area contributed by atoms with Crippen LogP contribution in [0.25, 0.3) is 11.1 Å². The standard InChI is InChI=1S/C22H19F6N/c1-29-19-8-6-15(7-9-19)20(29)14-4-2-13(3-5-14)16-10-17(21(23,24)25)12-18(11-16)22(26,27)28/h2-6,8,10-12,15,19-20H,7,9H2,1H3/t15-,19-,20+/m0/s1. The maximum atomic E-state index is 13.1. The zero-order chi connectivity index (χ0) is 21.0. The second-order valence-corrected chi connectivity index (χ2v) is 7.72. The van der Waals surface area contributed by atoms with E-state index in [-0.39, 0.29) is 17.7 Å². The van der Waals surface area contributed by atoms with Gasteiger partial charge in [-0.25, -0.2) is 0 Å². The van der Waals surface area contributed by atoms with E-state index in [1.807, 2.05) is 7.05 Å². The van der Waals surface area contributed by atoms with Gasteiger partial charge in [0, 0.05) is 12.1 Å². The van der Waals surface area contributed by atoms with E-state index in [2.05, 4.69) is 17.1 Å². The van der Waals surface area contributed by atoms with Crippen LogP contribution in [0.15, 0.2) is 54.6 Å². The van der Waals surface area contributed by atoms with Gasteiger partial charge in [-0.3, -0.25) is 4.90 Å². The largest absolute Gasteiger partial charge is 0.416 e. The summed E-state index contributed by atoms with van der Waals surface area (Å²) in [5, 5.41) is 0. The first-order valence-corrected chi connectivity index (χ1v) is 9.34. The molecule has 0 spiro atoms. The smallest absolute Gasteiger partial charge is 0.292 e. The molecule has 154 valence electrons. The lowest BCUT2D eigenvalue weighted by Gasteiger charge is -2.46. The van der Waals surface area contributed by atoms with E-state index >= 15 is 0 Å². The van der Waals surface area contributed by atoms with Crippen LogP contribution in [0.3, 0.4) is 0 Å². The van der Waals surface area contributed by atoms with Gasteiger partial charge in [-0.05, 0) is 60.7 Å². The summed E-state index contributed by atoms with van der Waals surface area (Å²) in [5.74, 6) is 0.362. The Hall–Kier alpha value is -2.28. The summed E-state index contributed by atoms with van der Waals surface area (Å²) < 4.78 is 78.7. The lowest BCUT2D eigenvalue weighted by molar-refractivity contribution is -0.143. The Morgan fingerprint density at radius 2 is 1.34 bits per heavy atom. The second kappa shape index (κ2) is 6.90. The molecule has 0 amide bonds. The minimum Gasteiger partial charge on any atom is -0.292 e.